The van der Waals surface area contributed by atoms with Gasteiger partial charge in [-0.3, -0.25) is 9.69 Å². The third kappa shape index (κ3) is 4.22. The van der Waals surface area contributed by atoms with Gasteiger partial charge in [0.15, 0.2) is 11.5 Å². The molecule has 0 N–H and O–H groups in total. The van der Waals surface area contributed by atoms with E-state index in [1.807, 2.05) is 61.5 Å². The SMILES string of the molecule is CC(C(=O)N(CCC#N)c1ccccc1)N1CCCC(c2nc3ccccc3o2)C1. The van der Waals surface area contributed by atoms with Gasteiger partial charge in [-0.15, -0.1) is 0 Å². The topological polar surface area (TPSA) is 73.4 Å². The molecule has 2 unspecified atom stereocenters. The predicted molar refractivity (Wildman–Crippen MR) is 116 cm³/mol. The zero-order valence-corrected chi connectivity index (χ0v) is 17.2. The van der Waals surface area contributed by atoms with Crippen LogP contribution in [0, 0.1) is 11.3 Å². The monoisotopic (exact) mass is 402 g/mol. The van der Waals surface area contributed by atoms with E-state index in [-0.39, 0.29) is 17.9 Å². The van der Waals surface area contributed by atoms with Crippen molar-refractivity contribution < 1.29 is 9.21 Å². The van der Waals surface area contributed by atoms with E-state index in [0.717, 1.165) is 48.6 Å². The minimum atomic E-state index is -0.281. The van der Waals surface area contributed by atoms with Crippen LogP contribution in [0.5, 0.6) is 0 Å². The van der Waals surface area contributed by atoms with Crippen molar-refractivity contribution in [3.8, 4) is 6.07 Å². The molecule has 4 rings (SSSR count). The Morgan fingerprint density at radius 2 is 2.03 bits per heavy atom. The first-order valence-electron chi connectivity index (χ1n) is 10.5. The second-order valence-corrected chi connectivity index (χ2v) is 7.76. The van der Waals surface area contributed by atoms with E-state index < -0.39 is 0 Å². The van der Waals surface area contributed by atoms with E-state index in [1.54, 1.807) is 4.90 Å². The maximum absolute atomic E-state index is 13.4. The number of nitriles is 1. The molecule has 2 heterocycles. The number of benzene rings is 2. The Hall–Kier alpha value is -3.17. The smallest absolute Gasteiger partial charge is 0.244 e. The lowest BCUT2D eigenvalue weighted by Gasteiger charge is -2.37. The fourth-order valence-electron chi connectivity index (χ4n) is 4.14. The normalized spacial score (nSPS) is 18.1. The number of carbonyl (C=O) groups excluding carboxylic acids is 1. The van der Waals surface area contributed by atoms with Crippen LogP contribution in [0.3, 0.4) is 0 Å². The molecule has 1 amide bonds. The summed E-state index contributed by atoms with van der Waals surface area (Å²) in [5.74, 6) is 0.949. The molecule has 0 saturated carbocycles. The Kier molecular flexibility index (Phi) is 6.10. The minimum Gasteiger partial charge on any atom is -0.440 e. The van der Waals surface area contributed by atoms with Crippen molar-refractivity contribution in [3.05, 3.63) is 60.5 Å². The second-order valence-electron chi connectivity index (χ2n) is 7.76. The van der Waals surface area contributed by atoms with Gasteiger partial charge < -0.3 is 9.32 Å². The number of piperidine rings is 1. The fraction of sp³-hybridized carbons (Fsp3) is 0.375. The molecule has 1 aliphatic heterocycles. The summed E-state index contributed by atoms with van der Waals surface area (Å²) in [6.07, 6.45) is 2.30. The summed E-state index contributed by atoms with van der Waals surface area (Å²) in [5.41, 5.74) is 2.51. The van der Waals surface area contributed by atoms with Gasteiger partial charge in [0, 0.05) is 24.7 Å². The molecule has 0 spiro atoms. The van der Waals surface area contributed by atoms with Crippen LogP contribution < -0.4 is 4.90 Å². The number of nitrogens with zero attached hydrogens (tertiary/aromatic N) is 4. The van der Waals surface area contributed by atoms with Crippen molar-refractivity contribution in [2.45, 2.75) is 38.1 Å². The maximum Gasteiger partial charge on any atom is 0.244 e. The van der Waals surface area contributed by atoms with E-state index >= 15 is 0 Å². The van der Waals surface area contributed by atoms with Crippen LogP contribution in [0.15, 0.2) is 59.0 Å². The molecule has 3 aromatic rings. The number of hydrogen-bond acceptors (Lipinski definition) is 5. The molecule has 2 atom stereocenters. The minimum absolute atomic E-state index is 0.0228. The molecule has 1 aliphatic rings. The molecule has 0 bridgehead atoms. The van der Waals surface area contributed by atoms with Crippen molar-refractivity contribution in [3.63, 3.8) is 0 Å². The number of anilines is 1. The molecule has 0 radical (unpaired) electrons. The van der Waals surface area contributed by atoms with Gasteiger partial charge in [0.25, 0.3) is 0 Å². The number of oxazole rings is 1. The van der Waals surface area contributed by atoms with Gasteiger partial charge in [0.1, 0.15) is 5.52 Å². The molecule has 2 aromatic carbocycles. The third-order valence-electron chi connectivity index (χ3n) is 5.80. The summed E-state index contributed by atoms with van der Waals surface area (Å²) < 4.78 is 6.00. The largest absolute Gasteiger partial charge is 0.440 e. The molecular weight excluding hydrogens is 376 g/mol. The lowest BCUT2D eigenvalue weighted by Crippen LogP contribution is -2.50. The summed E-state index contributed by atoms with van der Waals surface area (Å²) in [7, 11) is 0. The third-order valence-corrected chi connectivity index (χ3v) is 5.80. The number of aromatic nitrogens is 1. The number of rotatable bonds is 6. The summed E-state index contributed by atoms with van der Waals surface area (Å²) in [6, 6.07) is 19.3. The van der Waals surface area contributed by atoms with Crippen LogP contribution in [0.25, 0.3) is 11.1 Å². The molecule has 1 aromatic heterocycles. The Balaban J connectivity index is 1.50. The average molecular weight is 402 g/mol. The van der Waals surface area contributed by atoms with E-state index in [4.69, 9.17) is 9.68 Å². The van der Waals surface area contributed by atoms with E-state index in [9.17, 15) is 4.79 Å². The van der Waals surface area contributed by atoms with Crippen LogP contribution in [0.4, 0.5) is 5.69 Å². The lowest BCUT2D eigenvalue weighted by atomic mass is 9.96. The van der Waals surface area contributed by atoms with Gasteiger partial charge in [0.05, 0.1) is 18.5 Å². The summed E-state index contributed by atoms with van der Waals surface area (Å²) in [6.45, 7) is 3.95. The van der Waals surface area contributed by atoms with Gasteiger partial charge in [-0.05, 0) is 50.6 Å². The van der Waals surface area contributed by atoms with Crippen molar-refractivity contribution >= 4 is 22.7 Å². The highest BCUT2D eigenvalue weighted by molar-refractivity contribution is 5.97. The van der Waals surface area contributed by atoms with E-state index in [0.29, 0.717) is 13.0 Å². The highest BCUT2D eigenvalue weighted by Crippen LogP contribution is 2.30. The lowest BCUT2D eigenvalue weighted by molar-refractivity contribution is -0.123. The number of likely N-dealkylation sites (tertiary alicyclic amines) is 1. The number of para-hydroxylation sites is 3. The molecule has 30 heavy (non-hydrogen) atoms. The Morgan fingerprint density at radius 1 is 1.27 bits per heavy atom. The molecular formula is C24H26N4O2. The predicted octanol–water partition coefficient (Wildman–Crippen LogP) is 4.34. The molecule has 1 fully saturated rings. The highest BCUT2D eigenvalue weighted by Gasteiger charge is 2.32. The molecule has 1 saturated heterocycles. The first-order chi connectivity index (χ1) is 14.7. The Morgan fingerprint density at radius 3 is 2.80 bits per heavy atom. The van der Waals surface area contributed by atoms with Gasteiger partial charge in [-0.1, -0.05) is 30.3 Å². The molecule has 0 aliphatic carbocycles. The first kappa shape index (κ1) is 20.1. The Bertz CT molecular complexity index is 1010. The standard InChI is InChI=1S/C24H26N4O2/c1-18(24(29)28(16-8-14-25)20-10-3-2-4-11-20)27-15-7-9-19(17-27)23-26-21-12-5-6-13-22(21)30-23/h2-6,10-13,18-19H,7-9,15-17H2,1H3. The zero-order valence-electron chi connectivity index (χ0n) is 17.2. The summed E-state index contributed by atoms with van der Waals surface area (Å²) in [5, 5.41) is 9.04. The van der Waals surface area contributed by atoms with Crippen molar-refractivity contribution in [2.75, 3.05) is 24.5 Å². The number of amides is 1. The van der Waals surface area contributed by atoms with Crippen LogP contribution in [-0.2, 0) is 4.79 Å². The zero-order chi connectivity index (χ0) is 20.9. The van der Waals surface area contributed by atoms with Crippen LogP contribution >= 0.6 is 0 Å². The van der Waals surface area contributed by atoms with E-state index in [2.05, 4.69) is 16.0 Å². The quantitative estimate of drug-likeness (QED) is 0.613. The summed E-state index contributed by atoms with van der Waals surface area (Å²) in [4.78, 5) is 22.0. The molecule has 6 nitrogen and oxygen atoms in total. The van der Waals surface area contributed by atoms with Crippen LogP contribution in [-0.4, -0.2) is 41.5 Å². The van der Waals surface area contributed by atoms with Gasteiger partial charge in [-0.25, -0.2) is 4.98 Å². The van der Waals surface area contributed by atoms with Crippen molar-refractivity contribution in [2.24, 2.45) is 0 Å². The highest BCUT2D eigenvalue weighted by atomic mass is 16.3. The van der Waals surface area contributed by atoms with Gasteiger partial charge in [0.2, 0.25) is 5.91 Å². The number of fused-ring (bicyclic) bond motifs is 1. The Labute approximate surface area is 176 Å². The maximum atomic E-state index is 13.4. The molecule has 154 valence electrons. The van der Waals surface area contributed by atoms with Crippen molar-refractivity contribution in [1.82, 2.24) is 9.88 Å². The van der Waals surface area contributed by atoms with Gasteiger partial charge in [-0.2, -0.15) is 5.26 Å². The number of carbonyl (C=O) groups is 1. The van der Waals surface area contributed by atoms with Gasteiger partial charge >= 0.3 is 0 Å². The summed E-state index contributed by atoms with van der Waals surface area (Å²) >= 11 is 0. The molecule has 6 heteroatoms. The van der Waals surface area contributed by atoms with Crippen molar-refractivity contribution in [1.29, 1.82) is 5.26 Å². The fourth-order valence-corrected chi connectivity index (χ4v) is 4.14. The van der Waals surface area contributed by atoms with Crippen LogP contribution in [0.2, 0.25) is 0 Å². The number of hydrogen-bond donors (Lipinski definition) is 0. The average Bonchev–Trinajstić information content (AvgIpc) is 3.24. The first-order valence-corrected chi connectivity index (χ1v) is 10.5. The second kappa shape index (κ2) is 9.10. The van der Waals surface area contributed by atoms with E-state index in [1.165, 1.54) is 0 Å². The van der Waals surface area contributed by atoms with Crippen LogP contribution in [0.1, 0.15) is 38.0 Å².